The van der Waals surface area contributed by atoms with Crippen molar-refractivity contribution in [2.75, 3.05) is 19.8 Å². The largest absolute Gasteiger partial charge is 0.213 e. The lowest BCUT2D eigenvalue weighted by molar-refractivity contribution is 0.346. The Morgan fingerprint density at radius 1 is 1.38 bits per heavy atom. The second-order valence-electron chi connectivity index (χ2n) is 4.43. The number of hydrogen-bond donors (Lipinski definition) is 1. The molecule has 13 heavy (non-hydrogen) atoms. The van der Waals surface area contributed by atoms with Crippen LogP contribution in [0, 0.1) is 5.41 Å². The number of rotatable bonds is 3. The number of sulfonamides is 1. The van der Waals surface area contributed by atoms with Crippen molar-refractivity contribution >= 4 is 22.7 Å². The molecule has 0 saturated heterocycles. The molecule has 0 amide bonds. The van der Waals surface area contributed by atoms with E-state index in [2.05, 4.69) is 12.6 Å². The van der Waals surface area contributed by atoms with Crippen LogP contribution < -0.4 is 0 Å². The smallest absolute Gasteiger partial charge is 0.210 e. The third-order valence-corrected chi connectivity index (χ3v) is 4.22. The molecule has 0 rings (SSSR count). The Balaban J connectivity index is 4.32. The molecule has 3 nitrogen and oxygen atoms in total. The highest BCUT2D eigenvalue weighted by atomic mass is 32.2. The number of hydrogen-bond acceptors (Lipinski definition) is 3. The lowest BCUT2D eigenvalue weighted by Gasteiger charge is -2.29. The summed E-state index contributed by atoms with van der Waals surface area (Å²) in [6.45, 7) is 6.58. The van der Waals surface area contributed by atoms with Gasteiger partial charge in [0.15, 0.2) is 0 Å². The van der Waals surface area contributed by atoms with Crippen molar-refractivity contribution in [3.63, 3.8) is 0 Å². The normalized spacial score (nSPS) is 16.2. The third-order valence-electron chi connectivity index (χ3n) is 2.00. The van der Waals surface area contributed by atoms with Gasteiger partial charge in [0.05, 0.1) is 6.26 Å². The van der Waals surface area contributed by atoms with E-state index in [1.807, 2.05) is 20.8 Å². The monoisotopic (exact) mass is 225 g/mol. The van der Waals surface area contributed by atoms with Gasteiger partial charge in [0.1, 0.15) is 0 Å². The summed E-state index contributed by atoms with van der Waals surface area (Å²) in [4.78, 5) is 0. The number of nitrogens with zero attached hydrogens (tertiary/aromatic N) is 1. The molecule has 0 aliphatic rings. The van der Waals surface area contributed by atoms with Gasteiger partial charge in [0.2, 0.25) is 10.0 Å². The van der Waals surface area contributed by atoms with Gasteiger partial charge in [-0.25, -0.2) is 12.7 Å². The molecule has 80 valence electrons. The minimum atomic E-state index is -3.07. The molecule has 1 unspecified atom stereocenters. The van der Waals surface area contributed by atoms with Crippen LogP contribution in [-0.2, 0) is 10.0 Å². The molecular formula is C8H19NO2S2. The molecule has 0 saturated carbocycles. The molecule has 0 N–H and O–H groups in total. The van der Waals surface area contributed by atoms with Crippen molar-refractivity contribution in [3.8, 4) is 0 Å². The molecule has 0 fully saturated rings. The second kappa shape index (κ2) is 4.19. The Morgan fingerprint density at radius 2 is 1.77 bits per heavy atom. The highest BCUT2D eigenvalue weighted by molar-refractivity contribution is 7.88. The van der Waals surface area contributed by atoms with E-state index in [1.54, 1.807) is 7.05 Å². The number of thiol groups is 1. The standard InChI is InChI=1S/C8H19NO2S2/c1-8(2,3)7(12)6-9(4)13(5,10)11/h7,12H,6H2,1-5H3. The second-order valence-corrected chi connectivity index (χ2v) is 7.14. The lowest BCUT2D eigenvalue weighted by atomic mass is 9.92. The zero-order chi connectivity index (χ0) is 10.9. The van der Waals surface area contributed by atoms with Gasteiger partial charge in [-0.15, -0.1) is 0 Å². The molecule has 0 aromatic carbocycles. The van der Waals surface area contributed by atoms with Gasteiger partial charge in [-0.1, -0.05) is 20.8 Å². The van der Waals surface area contributed by atoms with Crippen molar-refractivity contribution in [2.24, 2.45) is 5.41 Å². The first-order chi connectivity index (χ1) is 5.55. The van der Waals surface area contributed by atoms with E-state index >= 15 is 0 Å². The first-order valence-corrected chi connectivity index (χ1v) is 6.51. The average Bonchev–Trinajstić information content (AvgIpc) is 1.82. The van der Waals surface area contributed by atoms with Crippen molar-refractivity contribution in [1.29, 1.82) is 0 Å². The fourth-order valence-electron chi connectivity index (χ4n) is 0.653. The minimum absolute atomic E-state index is 0.0159. The van der Waals surface area contributed by atoms with E-state index in [9.17, 15) is 8.42 Å². The fourth-order valence-corrected chi connectivity index (χ4v) is 1.43. The summed E-state index contributed by atoms with van der Waals surface area (Å²) in [5, 5.41) is 0.0484. The quantitative estimate of drug-likeness (QED) is 0.733. The molecule has 0 aliphatic carbocycles. The van der Waals surface area contributed by atoms with Gasteiger partial charge in [-0.2, -0.15) is 12.6 Å². The summed E-state index contributed by atoms with van der Waals surface area (Å²) in [7, 11) is -1.50. The van der Waals surface area contributed by atoms with Gasteiger partial charge >= 0.3 is 0 Å². The van der Waals surface area contributed by atoms with E-state index in [4.69, 9.17) is 0 Å². The molecule has 0 aromatic rings. The molecule has 1 atom stereocenters. The van der Waals surface area contributed by atoms with Crippen LogP contribution in [0.1, 0.15) is 20.8 Å². The molecule has 5 heteroatoms. The van der Waals surface area contributed by atoms with E-state index in [-0.39, 0.29) is 10.7 Å². The Kier molecular flexibility index (Phi) is 4.27. The Morgan fingerprint density at radius 3 is 2.00 bits per heavy atom. The van der Waals surface area contributed by atoms with Crippen LogP contribution in [0.3, 0.4) is 0 Å². The summed E-state index contributed by atoms with van der Waals surface area (Å²) in [6, 6.07) is 0. The van der Waals surface area contributed by atoms with Crippen LogP contribution in [0.15, 0.2) is 0 Å². The van der Waals surface area contributed by atoms with Gasteiger partial charge in [-0.3, -0.25) is 0 Å². The molecule has 0 radical (unpaired) electrons. The molecule has 0 aromatic heterocycles. The maximum Gasteiger partial charge on any atom is 0.210 e. The predicted octanol–water partition coefficient (Wildman–Crippen LogP) is 1.22. The topological polar surface area (TPSA) is 37.4 Å². The first-order valence-electron chi connectivity index (χ1n) is 4.14. The van der Waals surface area contributed by atoms with E-state index in [0.29, 0.717) is 6.54 Å². The Bertz CT molecular complexity index is 254. The highest BCUT2D eigenvalue weighted by Gasteiger charge is 2.24. The molecule has 0 aliphatic heterocycles. The van der Waals surface area contributed by atoms with Crippen LogP contribution in [0.5, 0.6) is 0 Å². The minimum Gasteiger partial charge on any atom is -0.213 e. The van der Waals surface area contributed by atoms with Crippen LogP contribution in [0.2, 0.25) is 0 Å². The zero-order valence-corrected chi connectivity index (χ0v) is 10.6. The summed E-state index contributed by atoms with van der Waals surface area (Å²) >= 11 is 4.38. The van der Waals surface area contributed by atoms with E-state index < -0.39 is 10.0 Å². The van der Waals surface area contributed by atoms with Crippen LogP contribution in [0.25, 0.3) is 0 Å². The molecule has 0 spiro atoms. The maximum atomic E-state index is 11.1. The van der Waals surface area contributed by atoms with Gasteiger partial charge in [0.25, 0.3) is 0 Å². The van der Waals surface area contributed by atoms with Crippen LogP contribution in [-0.4, -0.2) is 37.8 Å². The summed E-state index contributed by atoms with van der Waals surface area (Å²) in [5.41, 5.74) is 0.0159. The SMILES string of the molecule is CN(CC(S)C(C)(C)C)S(C)(=O)=O. The van der Waals surface area contributed by atoms with Crippen molar-refractivity contribution in [1.82, 2.24) is 4.31 Å². The summed E-state index contributed by atoms with van der Waals surface area (Å²) in [6.07, 6.45) is 1.20. The van der Waals surface area contributed by atoms with Crippen molar-refractivity contribution in [2.45, 2.75) is 26.0 Å². The zero-order valence-electron chi connectivity index (χ0n) is 8.90. The van der Waals surface area contributed by atoms with E-state index in [1.165, 1.54) is 10.6 Å². The highest BCUT2D eigenvalue weighted by Crippen LogP contribution is 2.24. The summed E-state index contributed by atoms with van der Waals surface area (Å²) in [5.74, 6) is 0. The molecule has 0 bridgehead atoms. The predicted molar refractivity (Wildman–Crippen MR) is 59.7 cm³/mol. The first kappa shape index (κ1) is 13.3. The summed E-state index contributed by atoms with van der Waals surface area (Å²) < 4.78 is 23.5. The Labute approximate surface area is 87.0 Å². The molecular weight excluding hydrogens is 206 g/mol. The van der Waals surface area contributed by atoms with Gasteiger partial charge < -0.3 is 0 Å². The van der Waals surface area contributed by atoms with Crippen LogP contribution in [0.4, 0.5) is 0 Å². The van der Waals surface area contributed by atoms with Crippen molar-refractivity contribution < 1.29 is 8.42 Å². The van der Waals surface area contributed by atoms with Crippen molar-refractivity contribution in [3.05, 3.63) is 0 Å². The lowest BCUT2D eigenvalue weighted by Crippen LogP contribution is -2.37. The third kappa shape index (κ3) is 4.88. The van der Waals surface area contributed by atoms with Crippen LogP contribution >= 0.6 is 12.6 Å². The Hall–Kier alpha value is 0.260. The maximum absolute atomic E-state index is 11.1. The van der Waals surface area contributed by atoms with Gasteiger partial charge in [-0.05, 0) is 5.41 Å². The van der Waals surface area contributed by atoms with E-state index in [0.717, 1.165) is 0 Å². The van der Waals surface area contributed by atoms with Gasteiger partial charge in [0, 0.05) is 18.8 Å². The fraction of sp³-hybridized carbons (Fsp3) is 1.00. The average molecular weight is 225 g/mol. The molecule has 0 heterocycles.